The van der Waals surface area contributed by atoms with E-state index in [1.807, 2.05) is 19.9 Å². The molecule has 0 rings (SSSR count). The van der Waals surface area contributed by atoms with E-state index in [4.69, 9.17) is 18.0 Å². The molecule has 0 aromatic rings. The molecule has 2 nitrogen and oxygen atoms in total. The van der Waals surface area contributed by atoms with Gasteiger partial charge in [-0.1, -0.05) is 45.1 Å². The highest BCUT2D eigenvalue weighted by molar-refractivity contribution is 7.80. The zero-order valence-corrected chi connectivity index (χ0v) is 11.4. The first kappa shape index (κ1) is 15.7. The lowest BCUT2D eigenvalue weighted by molar-refractivity contribution is 0.665. The van der Waals surface area contributed by atoms with Gasteiger partial charge in [0.15, 0.2) is 0 Å². The standard InChI is InChI=1S/C13H19FN2S/c1-5-9(3)7-11(8-12(14)6-2)13(15)16-10(4)17/h6-9H,2,5H2,1,3-4H3,(H2,15,16,17)/b11-7+,12-8+. The fourth-order valence-electron chi connectivity index (χ4n) is 1.07. The molecule has 0 amide bonds. The van der Waals surface area contributed by atoms with Crippen molar-refractivity contribution in [1.82, 2.24) is 0 Å². The minimum Gasteiger partial charge on any atom is -0.383 e. The lowest BCUT2D eigenvalue weighted by atomic mass is 10.0. The van der Waals surface area contributed by atoms with Gasteiger partial charge in [-0.3, -0.25) is 0 Å². The lowest BCUT2D eigenvalue weighted by Gasteiger charge is -2.06. The van der Waals surface area contributed by atoms with E-state index in [2.05, 4.69) is 11.6 Å². The topological polar surface area (TPSA) is 38.4 Å². The molecule has 0 radical (unpaired) electrons. The summed E-state index contributed by atoms with van der Waals surface area (Å²) in [7, 11) is 0. The number of thiocarbonyl (C=S) groups is 1. The van der Waals surface area contributed by atoms with Crippen molar-refractivity contribution in [2.75, 3.05) is 0 Å². The van der Waals surface area contributed by atoms with Crippen LogP contribution in [0, 0.1) is 5.92 Å². The Morgan fingerprint density at radius 1 is 1.59 bits per heavy atom. The number of aliphatic imine (C=N–C) groups is 1. The molecule has 0 spiro atoms. The van der Waals surface area contributed by atoms with Gasteiger partial charge < -0.3 is 5.73 Å². The fourth-order valence-corrected chi connectivity index (χ4v) is 1.17. The summed E-state index contributed by atoms with van der Waals surface area (Å²) in [6, 6.07) is 0. The van der Waals surface area contributed by atoms with Crippen molar-refractivity contribution in [2.45, 2.75) is 27.2 Å². The van der Waals surface area contributed by atoms with Gasteiger partial charge in [-0.2, -0.15) is 0 Å². The Morgan fingerprint density at radius 2 is 2.18 bits per heavy atom. The Morgan fingerprint density at radius 3 is 2.59 bits per heavy atom. The molecule has 0 aliphatic heterocycles. The molecule has 0 bridgehead atoms. The van der Waals surface area contributed by atoms with Crippen molar-refractivity contribution in [3.05, 3.63) is 36.2 Å². The molecular weight excluding hydrogens is 235 g/mol. The summed E-state index contributed by atoms with van der Waals surface area (Å²) in [6.07, 6.45) is 5.26. The third kappa shape index (κ3) is 6.79. The predicted molar refractivity (Wildman–Crippen MR) is 76.8 cm³/mol. The average molecular weight is 254 g/mol. The first-order chi connectivity index (χ1) is 7.90. The van der Waals surface area contributed by atoms with Gasteiger partial charge in [0, 0.05) is 5.57 Å². The van der Waals surface area contributed by atoms with Gasteiger partial charge >= 0.3 is 0 Å². The summed E-state index contributed by atoms with van der Waals surface area (Å²) < 4.78 is 13.2. The van der Waals surface area contributed by atoms with Crippen LogP contribution in [0.4, 0.5) is 4.39 Å². The number of amidine groups is 1. The zero-order valence-electron chi connectivity index (χ0n) is 10.5. The van der Waals surface area contributed by atoms with Crippen LogP contribution in [0.25, 0.3) is 0 Å². The Balaban J connectivity index is 5.33. The Hall–Kier alpha value is -1.29. The second kappa shape index (κ2) is 7.90. The molecule has 0 aromatic carbocycles. The van der Waals surface area contributed by atoms with E-state index in [-0.39, 0.29) is 11.8 Å². The second-order valence-electron chi connectivity index (χ2n) is 3.76. The minimum absolute atomic E-state index is 0.231. The van der Waals surface area contributed by atoms with E-state index in [9.17, 15) is 4.39 Å². The first-order valence-electron chi connectivity index (χ1n) is 5.47. The van der Waals surface area contributed by atoms with E-state index in [0.717, 1.165) is 12.5 Å². The zero-order chi connectivity index (χ0) is 13.4. The summed E-state index contributed by atoms with van der Waals surface area (Å²) in [4.78, 5) is 4.39. The van der Waals surface area contributed by atoms with Crippen LogP contribution in [0.2, 0.25) is 0 Å². The largest absolute Gasteiger partial charge is 0.383 e. The molecule has 1 atom stereocenters. The van der Waals surface area contributed by atoms with Crippen molar-refractivity contribution in [2.24, 2.45) is 16.6 Å². The molecule has 17 heavy (non-hydrogen) atoms. The minimum atomic E-state index is -0.445. The Bertz CT molecular complexity index is 381. The van der Waals surface area contributed by atoms with Crippen LogP contribution in [0.1, 0.15) is 27.2 Å². The highest BCUT2D eigenvalue weighted by atomic mass is 32.1. The molecule has 4 heteroatoms. The van der Waals surface area contributed by atoms with Gasteiger partial charge in [0.1, 0.15) is 16.7 Å². The molecule has 94 valence electrons. The number of halogens is 1. The molecule has 0 aliphatic rings. The third-order valence-electron chi connectivity index (χ3n) is 2.17. The van der Waals surface area contributed by atoms with E-state index < -0.39 is 5.83 Å². The van der Waals surface area contributed by atoms with Gasteiger partial charge in [0.25, 0.3) is 0 Å². The molecule has 0 aliphatic carbocycles. The van der Waals surface area contributed by atoms with Crippen molar-refractivity contribution in [1.29, 1.82) is 0 Å². The molecular formula is C13H19FN2S. The maximum atomic E-state index is 13.2. The number of rotatable bonds is 5. The molecule has 0 aromatic heterocycles. The summed E-state index contributed by atoms with van der Waals surface area (Å²) in [6.45, 7) is 9.09. The number of nitrogens with two attached hydrogens (primary N) is 1. The maximum absolute atomic E-state index is 13.2. The molecule has 0 saturated heterocycles. The lowest BCUT2D eigenvalue weighted by Crippen LogP contribution is -2.16. The molecule has 1 unspecified atom stereocenters. The third-order valence-corrected chi connectivity index (χ3v) is 2.26. The van der Waals surface area contributed by atoms with E-state index in [1.165, 1.54) is 6.08 Å². The molecule has 2 N–H and O–H groups in total. The van der Waals surface area contributed by atoms with Crippen LogP contribution in [0.5, 0.6) is 0 Å². The van der Waals surface area contributed by atoms with Crippen LogP contribution in [0.3, 0.4) is 0 Å². The Labute approximate surface area is 108 Å². The number of hydrogen-bond donors (Lipinski definition) is 1. The summed E-state index contributed by atoms with van der Waals surface area (Å²) in [5.74, 6) is 0.0765. The molecule has 0 fully saturated rings. The van der Waals surface area contributed by atoms with Gasteiger partial charge in [0.05, 0.1) is 0 Å². The first-order valence-corrected chi connectivity index (χ1v) is 5.88. The van der Waals surface area contributed by atoms with E-state index >= 15 is 0 Å². The quantitative estimate of drug-likeness (QED) is 0.351. The van der Waals surface area contributed by atoms with Crippen LogP contribution in [-0.4, -0.2) is 10.8 Å². The van der Waals surface area contributed by atoms with Crippen molar-refractivity contribution >= 4 is 23.0 Å². The maximum Gasteiger partial charge on any atom is 0.131 e. The second-order valence-corrected chi connectivity index (χ2v) is 4.35. The van der Waals surface area contributed by atoms with Crippen LogP contribution in [-0.2, 0) is 0 Å². The molecule has 0 heterocycles. The number of allylic oxidation sites excluding steroid dienone is 3. The predicted octanol–water partition coefficient (Wildman–Crippen LogP) is 3.70. The monoisotopic (exact) mass is 254 g/mol. The van der Waals surface area contributed by atoms with Gasteiger partial charge in [-0.25, -0.2) is 9.38 Å². The van der Waals surface area contributed by atoms with Gasteiger partial charge in [0.2, 0.25) is 0 Å². The Kier molecular flexibility index (Phi) is 7.30. The fraction of sp³-hybridized carbons (Fsp3) is 0.385. The summed E-state index contributed by atoms with van der Waals surface area (Å²) in [5, 5.41) is 0. The van der Waals surface area contributed by atoms with Crippen molar-refractivity contribution < 1.29 is 4.39 Å². The summed E-state index contributed by atoms with van der Waals surface area (Å²) in [5.41, 5.74) is 6.32. The number of hydrogen-bond acceptors (Lipinski definition) is 1. The van der Waals surface area contributed by atoms with E-state index in [0.29, 0.717) is 10.6 Å². The van der Waals surface area contributed by atoms with Crippen molar-refractivity contribution in [3.63, 3.8) is 0 Å². The summed E-state index contributed by atoms with van der Waals surface area (Å²) >= 11 is 4.85. The molecule has 0 saturated carbocycles. The van der Waals surface area contributed by atoms with Crippen LogP contribution >= 0.6 is 12.2 Å². The smallest absolute Gasteiger partial charge is 0.131 e. The van der Waals surface area contributed by atoms with Crippen LogP contribution < -0.4 is 5.73 Å². The highest BCUT2D eigenvalue weighted by Crippen LogP contribution is 2.12. The number of nitrogens with zero attached hydrogens (tertiary/aromatic N) is 1. The average Bonchev–Trinajstić information content (AvgIpc) is 2.26. The SMILES string of the molecule is C=C/C(F)=C\C(=C/C(C)CC)C(N)=NC(C)=S. The highest BCUT2D eigenvalue weighted by Gasteiger charge is 2.04. The van der Waals surface area contributed by atoms with Crippen molar-refractivity contribution in [3.8, 4) is 0 Å². The van der Waals surface area contributed by atoms with E-state index in [1.54, 1.807) is 6.92 Å². The normalized spacial score (nSPS) is 15.6. The van der Waals surface area contributed by atoms with Crippen LogP contribution in [0.15, 0.2) is 41.2 Å². The van der Waals surface area contributed by atoms with Gasteiger partial charge in [-0.05, 0) is 25.0 Å². The van der Waals surface area contributed by atoms with Gasteiger partial charge in [-0.15, -0.1) is 0 Å².